The topological polar surface area (TPSA) is 78.1 Å². The van der Waals surface area contributed by atoms with Gasteiger partial charge < -0.3 is 10.5 Å². The fraction of sp³-hybridized carbons (Fsp3) is 0.308. The quantitative estimate of drug-likeness (QED) is 0.652. The number of nitrogens with zero attached hydrogens (tertiary/aromatic N) is 2. The first-order valence-electron chi connectivity index (χ1n) is 6.15. The fourth-order valence-electron chi connectivity index (χ4n) is 1.63. The lowest BCUT2D eigenvalue weighted by molar-refractivity contribution is -0.142. The second-order valence-corrected chi connectivity index (χ2v) is 6.41. The third kappa shape index (κ3) is 4.21. The number of nitrogen functional groups attached to an aromatic ring is 1. The molecule has 1 aromatic heterocycles. The Morgan fingerprint density at radius 2 is 2.15 bits per heavy atom. The molecular weight excluding hydrogens is 294 g/mol. The molecule has 0 aliphatic rings. The number of ether oxygens (including phenoxy) is 1. The van der Waals surface area contributed by atoms with Crippen molar-refractivity contribution in [3.8, 4) is 0 Å². The van der Waals surface area contributed by atoms with Crippen molar-refractivity contribution in [3.05, 3.63) is 35.9 Å². The van der Waals surface area contributed by atoms with Crippen LogP contribution in [-0.4, -0.2) is 28.0 Å². The van der Waals surface area contributed by atoms with Crippen LogP contribution < -0.4 is 5.73 Å². The molecule has 1 aromatic carbocycles. The van der Waals surface area contributed by atoms with Gasteiger partial charge in [-0.1, -0.05) is 53.4 Å². The van der Waals surface area contributed by atoms with E-state index in [-0.39, 0.29) is 11.2 Å². The maximum atomic E-state index is 12.0. The number of esters is 1. The number of anilines is 1. The van der Waals surface area contributed by atoms with Crippen LogP contribution in [0.25, 0.3) is 0 Å². The summed E-state index contributed by atoms with van der Waals surface area (Å²) in [6, 6.07) is 9.82. The third-order valence-corrected chi connectivity index (χ3v) is 4.49. The molecule has 0 radical (unpaired) electrons. The summed E-state index contributed by atoms with van der Waals surface area (Å²) in [6.07, 6.45) is 0.587. The summed E-state index contributed by atoms with van der Waals surface area (Å²) in [5.41, 5.74) is 6.64. The van der Waals surface area contributed by atoms with Gasteiger partial charge in [-0.05, 0) is 18.9 Å². The lowest BCUT2D eigenvalue weighted by Gasteiger charge is -2.13. The van der Waals surface area contributed by atoms with E-state index in [4.69, 9.17) is 10.5 Å². The van der Waals surface area contributed by atoms with E-state index in [1.54, 1.807) is 6.92 Å². The maximum absolute atomic E-state index is 12.0. The molecule has 0 fully saturated rings. The molecule has 0 spiro atoms. The first-order valence-corrected chi connectivity index (χ1v) is 7.85. The molecule has 7 heteroatoms. The van der Waals surface area contributed by atoms with Gasteiger partial charge in [0.1, 0.15) is 5.25 Å². The summed E-state index contributed by atoms with van der Waals surface area (Å²) in [4.78, 5) is 12.0. The van der Waals surface area contributed by atoms with Gasteiger partial charge >= 0.3 is 5.97 Å². The Balaban J connectivity index is 2.10. The van der Waals surface area contributed by atoms with E-state index in [2.05, 4.69) is 10.2 Å². The van der Waals surface area contributed by atoms with E-state index in [0.717, 1.165) is 5.56 Å². The molecule has 2 N–H and O–H groups in total. The molecule has 5 nitrogen and oxygen atoms in total. The zero-order valence-electron chi connectivity index (χ0n) is 11.0. The van der Waals surface area contributed by atoms with Crippen molar-refractivity contribution in [2.75, 3.05) is 12.3 Å². The molecule has 0 aliphatic heterocycles. The minimum atomic E-state index is -0.343. The number of carbonyl (C=O) groups is 1. The Morgan fingerprint density at radius 3 is 2.75 bits per heavy atom. The normalized spacial score (nSPS) is 12.1. The van der Waals surface area contributed by atoms with Gasteiger partial charge in [-0.2, -0.15) is 0 Å². The van der Waals surface area contributed by atoms with Crippen molar-refractivity contribution in [3.63, 3.8) is 0 Å². The predicted octanol–water partition coefficient (Wildman–Crippen LogP) is 2.39. The van der Waals surface area contributed by atoms with Gasteiger partial charge in [-0.25, -0.2) is 0 Å². The van der Waals surface area contributed by atoms with Crippen LogP contribution in [0.2, 0.25) is 0 Å². The number of hydrogen-bond donors (Lipinski definition) is 1. The van der Waals surface area contributed by atoms with Gasteiger partial charge in [-0.3, -0.25) is 4.79 Å². The van der Waals surface area contributed by atoms with Gasteiger partial charge in [0.15, 0.2) is 4.34 Å². The van der Waals surface area contributed by atoms with Crippen molar-refractivity contribution in [2.24, 2.45) is 0 Å². The molecular formula is C13H15N3O2S2. The SMILES string of the molecule is CCOC(=O)[C@@H](Cc1ccccc1)Sc1nnc(N)s1. The van der Waals surface area contributed by atoms with Crippen LogP contribution in [0.1, 0.15) is 12.5 Å². The minimum absolute atomic E-state index is 0.241. The molecule has 106 valence electrons. The number of rotatable bonds is 6. The number of carbonyl (C=O) groups excluding carboxylic acids is 1. The minimum Gasteiger partial charge on any atom is -0.465 e. The first-order chi connectivity index (χ1) is 9.69. The number of benzene rings is 1. The molecule has 0 saturated carbocycles. The van der Waals surface area contributed by atoms with Gasteiger partial charge in [-0.15, -0.1) is 10.2 Å². The summed E-state index contributed by atoms with van der Waals surface area (Å²) < 4.78 is 5.80. The largest absolute Gasteiger partial charge is 0.465 e. The molecule has 2 rings (SSSR count). The third-order valence-electron chi connectivity index (χ3n) is 2.48. The molecule has 0 aliphatic carbocycles. The smallest absolute Gasteiger partial charge is 0.319 e. The van der Waals surface area contributed by atoms with Crippen LogP contribution in [0, 0.1) is 0 Å². The van der Waals surface area contributed by atoms with Gasteiger partial charge in [0.2, 0.25) is 5.13 Å². The second-order valence-electron chi connectivity index (χ2n) is 3.95. The Morgan fingerprint density at radius 1 is 1.40 bits per heavy atom. The summed E-state index contributed by atoms with van der Waals surface area (Å²) >= 11 is 2.62. The van der Waals surface area contributed by atoms with Gasteiger partial charge in [0, 0.05) is 0 Å². The van der Waals surface area contributed by atoms with Crippen LogP contribution in [-0.2, 0) is 16.0 Å². The first kappa shape index (κ1) is 14.8. The number of aromatic nitrogens is 2. The highest BCUT2D eigenvalue weighted by Crippen LogP contribution is 2.30. The molecule has 2 aromatic rings. The molecule has 1 heterocycles. The standard InChI is InChI=1S/C13H15N3O2S2/c1-2-18-11(17)10(8-9-6-4-3-5-7-9)19-13-16-15-12(14)20-13/h3-7,10H,2,8H2,1H3,(H2,14,15)/t10-/m1/s1. The molecule has 0 amide bonds. The maximum Gasteiger partial charge on any atom is 0.319 e. The zero-order chi connectivity index (χ0) is 14.4. The van der Waals surface area contributed by atoms with E-state index in [1.165, 1.54) is 23.1 Å². The molecule has 0 unspecified atom stereocenters. The summed E-state index contributed by atoms with van der Waals surface area (Å²) in [6.45, 7) is 2.16. The highest BCUT2D eigenvalue weighted by atomic mass is 32.2. The average Bonchev–Trinajstić information content (AvgIpc) is 2.85. The number of thioether (sulfide) groups is 1. The van der Waals surface area contributed by atoms with Crippen molar-refractivity contribution in [1.82, 2.24) is 10.2 Å². The van der Waals surface area contributed by atoms with Crippen LogP contribution >= 0.6 is 23.1 Å². The van der Waals surface area contributed by atoms with E-state index in [9.17, 15) is 4.79 Å². The highest BCUT2D eigenvalue weighted by molar-refractivity contribution is 8.02. The van der Waals surface area contributed by atoms with Crippen LogP contribution in [0.15, 0.2) is 34.7 Å². The average molecular weight is 309 g/mol. The van der Waals surface area contributed by atoms with E-state index >= 15 is 0 Å². The summed E-state index contributed by atoms with van der Waals surface area (Å²) in [5.74, 6) is -0.241. The lowest BCUT2D eigenvalue weighted by atomic mass is 10.1. The monoisotopic (exact) mass is 309 g/mol. The van der Waals surface area contributed by atoms with Gasteiger partial charge in [0.05, 0.1) is 6.61 Å². The Kier molecular flexibility index (Phi) is 5.37. The highest BCUT2D eigenvalue weighted by Gasteiger charge is 2.23. The van der Waals surface area contributed by atoms with Crippen molar-refractivity contribution >= 4 is 34.2 Å². The zero-order valence-corrected chi connectivity index (χ0v) is 12.6. The summed E-state index contributed by atoms with van der Waals surface area (Å²) in [5, 5.41) is 7.75. The van der Waals surface area contributed by atoms with Crippen molar-refractivity contribution in [1.29, 1.82) is 0 Å². The molecule has 20 heavy (non-hydrogen) atoms. The molecule has 0 saturated heterocycles. The van der Waals surface area contributed by atoms with Crippen LogP contribution in [0.5, 0.6) is 0 Å². The Hall–Kier alpha value is -1.60. The fourth-order valence-corrected chi connectivity index (χ4v) is 3.54. The van der Waals surface area contributed by atoms with E-state index < -0.39 is 0 Å². The lowest BCUT2D eigenvalue weighted by Crippen LogP contribution is -2.22. The Bertz CT molecular complexity index is 560. The number of nitrogens with two attached hydrogens (primary N) is 1. The van der Waals surface area contributed by atoms with E-state index in [0.29, 0.717) is 22.5 Å². The number of hydrogen-bond acceptors (Lipinski definition) is 7. The van der Waals surface area contributed by atoms with Crippen molar-refractivity contribution in [2.45, 2.75) is 22.9 Å². The van der Waals surface area contributed by atoms with Gasteiger partial charge in [0.25, 0.3) is 0 Å². The Labute approximate surface area is 125 Å². The van der Waals surface area contributed by atoms with Crippen molar-refractivity contribution < 1.29 is 9.53 Å². The van der Waals surface area contributed by atoms with Crippen LogP contribution in [0.4, 0.5) is 5.13 Å². The predicted molar refractivity (Wildman–Crippen MR) is 80.7 cm³/mol. The van der Waals surface area contributed by atoms with Crippen LogP contribution in [0.3, 0.4) is 0 Å². The second kappa shape index (κ2) is 7.25. The van der Waals surface area contributed by atoms with E-state index in [1.807, 2.05) is 30.3 Å². The molecule has 0 bridgehead atoms. The summed E-state index contributed by atoms with van der Waals surface area (Å²) in [7, 11) is 0. The molecule has 1 atom stereocenters.